The van der Waals surface area contributed by atoms with Gasteiger partial charge in [0.1, 0.15) is 0 Å². The second kappa shape index (κ2) is 14.8. The average Bonchev–Trinajstić information content (AvgIpc) is 3.64. The van der Waals surface area contributed by atoms with E-state index in [9.17, 15) is 29.3 Å². The maximum absolute atomic E-state index is 13.0. The highest BCUT2D eigenvalue weighted by molar-refractivity contribution is 5.96. The third kappa shape index (κ3) is 7.70. The van der Waals surface area contributed by atoms with Crippen LogP contribution >= 0.6 is 0 Å². The summed E-state index contributed by atoms with van der Waals surface area (Å²) >= 11 is 0. The van der Waals surface area contributed by atoms with Crippen molar-refractivity contribution in [2.45, 2.75) is 44.2 Å². The van der Waals surface area contributed by atoms with E-state index >= 15 is 0 Å². The van der Waals surface area contributed by atoms with Gasteiger partial charge < -0.3 is 30.7 Å². The van der Waals surface area contributed by atoms with Gasteiger partial charge in [-0.3, -0.25) is 29.3 Å². The number of fused-ring (bicyclic) bond motifs is 3. The molecule has 2 unspecified atom stereocenters. The molecule has 2 aromatic carbocycles. The van der Waals surface area contributed by atoms with Gasteiger partial charge >= 0.3 is 5.69 Å². The van der Waals surface area contributed by atoms with Gasteiger partial charge in [0.15, 0.2) is 5.52 Å². The zero-order valence-corrected chi connectivity index (χ0v) is 27.5. The number of nitrogens with one attached hydrogen (secondary N) is 3. The first-order valence-electron chi connectivity index (χ1n) is 15.9. The van der Waals surface area contributed by atoms with Crippen LogP contribution in [0.25, 0.3) is 11.0 Å². The molecule has 48 heavy (non-hydrogen) atoms. The molecule has 0 aliphatic carbocycles. The van der Waals surface area contributed by atoms with E-state index in [0.29, 0.717) is 30.2 Å². The van der Waals surface area contributed by atoms with Crippen LogP contribution in [0.2, 0.25) is 0 Å². The van der Waals surface area contributed by atoms with Gasteiger partial charge in [-0.1, -0.05) is 29.8 Å². The summed E-state index contributed by atoms with van der Waals surface area (Å²) in [5.41, 5.74) is 2.68. The first-order chi connectivity index (χ1) is 22.9. The number of nitro groups is 1. The molecule has 0 radical (unpaired) electrons. The van der Waals surface area contributed by atoms with Crippen LogP contribution in [0.3, 0.4) is 0 Å². The molecule has 0 spiro atoms. The Morgan fingerprint density at radius 3 is 2.27 bits per heavy atom. The molecule has 2 fully saturated rings. The lowest BCUT2D eigenvalue weighted by atomic mass is 9.75. The maximum Gasteiger partial charge on any atom is 0.300 e. The van der Waals surface area contributed by atoms with Crippen LogP contribution in [-0.2, 0) is 19.2 Å². The molecule has 1 aromatic heterocycles. The molecule has 3 N–H and O–H groups in total. The number of likely N-dealkylation sites (N-methyl/N-ethyl adjacent to an activating group) is 2. The van der Waals surface area contributed by atoms with Gasteiger partial charge in [0.2, 0.25) is 29.1 Å². The van der Waals surface area contributed by atoms with Gasteiger partial charge in [0.25, 0.3) is 0 Å². The molecule has 2 aliphatic heterocycles. The van der Waals surface area contributed by atoms with Crippen molar-refractivity contribution in [1.82, 2.24) is 36.1 Å². The van der Waals surface area contributed by atoms with Gasteiger partial charge in [0.05, 0.1) is 36.8 Å². The Hall–Kier alpha value is -5.12. The number of benzene rings is 2. The van der Waals surface area contributed by atoms with Crippen LogP contribution in [0.5, 0.6) is 0 Å². The monoisotopic (exact) mass is 663 g/mol. The summed E-state index contributed by atoms with van der Waals surface area (Å²) in [5.74, 6) is -1.25. The van der Waals surface area contributed by atoms with Crippen LogP contribution in [0, 0.1) is 23.0 Å². The van der Waals surface area contributed by atoms with Crippen molar-refractivity contribution < 1.29 is 28.7 Å². The van der Waals surface area contributed by atoms with Gasteiger partial charge in [0, 0.05) is 38.8 Å². The zero-order chi connectivity index (χ0) is 34.5. The van der Waals surface area contributed by atoms with Crippen molar-refractivity contribution in [3.63, 3.8) is 0 Å². The Bertz CT molecular complexity index is 1680. The number of nitro benzene ring substituents is 1. The lowest BCUT2D eigenvalue weighted by Crippen LogP contribution is -2.51. The molecular formula is C32H41N9O7. The van der Waals surface area contributed by atoms with E-state index in [4.69, 9.17) is 0 Å². The Balaban J connectivity index is 1.03. The number of nitrogens with zero attached hydrogens (tertiary/aromatic N) is 6. The molecule has 16 heteroatoms. The van der Waals surface area contributed by atoms with Crippen molar-refractivity contribution in [2.75, 3.05) is 58.8 Å². The molecule has 4 atom stereocenters. The Labute approximate surface area is 277 Å². The van der Waals surface area contributed by atoms with E-state index in [1.807, 2.05) is 0 Å². The van der Waals surface area contributed by atoms with Gasteiger partial charge in [-0.25, -0.2) is 4.63 Å². The van der Waals surface area contributed by atoms with Gasteiger partial charge in [-0.05, 0) is 67.0 Å². The van der Waals surface area contributed by atoms with E-state index in [1.165, 1.54) is 28.2 Å². The van der Waals surface area contributed by atoms with Gasteiger partial charge in [-0.2, -0.15) is 0 Å². The minimum atomic E-state index is -0.611. The van der Waals surface area contributed by atoms with Crippen molar-refractivity contribution in [3.05, 3.63) is 57.6 Å². The van der Waals surface area contributed by atoms with E-state index in [1.54, 1.807) is 19.0 Å². The number of carbonyl (C=O) groups excluding carboxylic acids is 4. The highest BCUT2D eigenvalue weighted by Crippen LogP contribution is 2.46. The Morgan fingerprint density at radius 1 is 0.938 bits per heavy atom. The Morgan fingerprint density at radius 2 is 1.58 bits per heavy atom. The fourth-order valence-electron chi connectivity index (χ4n) is 6.89. The topological polar surface area (TPSA) is 196 Å². The van der Waals surface area contributed by atoms with Crippen LogP contribution in [0.1, 0.15) is 36.3 Å². The molecule has 3 aromatic rings. The summed E-state index contributed by atoms with van der Waals surface area (Å²) in [5, 5.41) is 25.9. The minimum Gasteiger partial charge on any atom is -0.363 e. The van der Waals surface area contributed by atoms with Crippen molar-refractivity contribution in [1.29, 1.82) is 0 Å². The van der Waals surface area contributed by atoms with Crippen LogP contribution in [-0.4, -0.2) is 115 Å². The number of hydrogen-bond acceptors (Lipinski definition) is 11. The largest absolute Gasteiger partial charge is 0.363 e. The molecule has 0 saturated carbocycles. The number of non-ortho nitro benzene ring substituents is 1. The lowest BCUT2D eigenvalue weighted by Gasteiger charge is -2.44. The molecule has 2 bridgehead atoms. The summed E-state index contributed by atoms with van der Waals surface area (Å²) in [6.07, 6.45) is 3.32. The van der Waals surface area contributed by atoms with Crippen LogP contribution in [0.15, 0.2) is 41.0 Å². The minimum absolute atomic E-state index is 0.0497. The van der Waals surface area contributed by atoms with Crippen molar-refractivity contribution in [2.24, 2.45) is 5.92 Å². The molecule has 16 nitrogen and oxygen atoms in total. The number of piperidine rings is 1. The zero-order valence-electron chi connectivity index (χ0n) is 27.5. The normalized spacial score (nSPS) is 20.2. The molecule has 2 saturated heterocycles. The second-order valence-electron chi connectivity index (χ2n) is 12.7. The number of hydrogen-bond donors (Lipinski definition) is 3. The average molecular weight is 664 g/mol. The van der Waals surface area contributed by atoms with Crippen LogP contribution < -0.4 is 20.9 Å². The van der Waals surface area contributed by atoms with E-state index in [-0.39, 0.29) is 54.7 Å². The van der Waals surface area contributed by atoms with Crippen molar-refractivity contribution >= 4 is 46.0 Å². The third-order valence-corrected chi connectivity index (χ3v) is 9.54. The van der Waals surface area contributed by atoms with E-state index < -0.39 is 22.6 Å². The number of aromatic nitrogens is 2. The smallest absolute Gasteiger partial charge is 0.300 e. The number of anilines is 1. The molecular weight excluding hydrogens is 622 g/mol. The lowest BCUT2D eigenvalue weighted by molar-refractivity contribution is -0.383. The maximum atomic E-state index is 13.0. The molecule has 4 amide bonds. The number of amides is 4. The fraction of sp³-hybridized carbons (Fsp3) is 0.500. The standard InChI is InChI=1S/C32H41N9O7/c1-19-5-7-20(8-6-19)22-13-21-9-10-24(40(21)4)23(22)17-39(3)30(45)16-35-28(43)14-33-27(42)15-34-29(44)18-38(2)25-11-12-26(41(46)47)32-31(25)36-48-37-32/h5-8,11-12,21-24H,9-10,13-18H2,1-4H3,(H,33,42)(H,34,44)(H,35,43)/t21-,22-,23?,24?/m1/s1. The predicted octanol–water partition coefficient (Wildman–Crippen LogP) is 0.949. The van der Waals surface area contributed by atoms with E-state index in [2.05, 4.69) is 74.0 Å². The van der Waals surface area contributed by atoms with Crippen molar-refractivity contribution in [3.8, 4) is 0 Å². The second-order valence-corrected chi connectivity index (χ2v) is 12.7. The van der Waals surface area contributed by atoms with E-state index in [0.717, 1.165) is 19.3 Å². The predicted molar refractivity (Wildman–Crippen MR) is 175 cm³/mol. The third-order valence-electron chi connectivity index (χ3n) is 9.54. The summed E-state index contributed by atoms with van der Waals surface area (Å²) in [6.45, 7) is 1.50. The first kappa shape index (κ1) is 34.2. The highest BCUT2D eigenvalue weighted by Gasteiger charge is 2.46. The van der Waals surface area contributed by atoms with Gasteiger partial charge in [-0.15, -0.1) is 0 Å². The Kier molecular flexibility index (Phi) is 10.5. The fourth-order valence-corrected chi connectivity index (χ4v) is 6.89. The molecule has 3 heterocycles. The summed E-state index contributed by atoms with van der Waals surface area (Å²) in [7, 11) is 5.51. The SMILES string of the molecule is Cc1ccc([C@H]2C[C@H]3CCC(C2CN(C)C(=O)CNC(=O)CNC(=O)CNC(=O)CN(C)c2ccc([N+](=O)[O-])c4nonc24)N3C)cc1. The highest BCUT2D eigenvalue weighted by atomic mass is 16.6. The first-order valence-corrected chi connectivity index (χ1v) is 15.9. The summed E-state index contributed by atoms with van der Waals surface area (Å²) < 4.78 is 4.64. The quantitative estimate of drug-likeness (QED) is 0.174. The number of carbonyl (C=O) groups is 4. The number of rotatable bonds is 13. The summed E-state index contributed by atoms with van der Waals surface area (Å²) in [6, 6.07) is 12.3. The molecule has 5 rings (SSSR count). The summed E-state index contributed by atoms with van der Waals surface area (Å²) in [4.78, 5) is 66.4. The molecule has 2 aliphatic rings. The van der Waals surface area contributed by atoms with Crippen LogP contribution in [0.4, 0.5) is 11.4 Å². The molecule has 256 valence electrons. The number of aryl methyl sites for hydroxylation is 1.